The standard InChI is InChI=1S/C56H42BN2OS2/c1-55(2,3)30-19-22-32(23-20-30)58-41-29-45-36(33-13-7-10-16-44(33)60-45)26-38(41)49-50-35-15-9-12-18-47(35)62-54(50)51-39-25-31(56(4,5)6)21-24-42(39)59-43-27-37-34-14-8-11-17-46(34)61-48(37)28-40(43)57-52(49)53(51)59/h7-29,58H,1-6H3. The third-order valence-corrected chi connectivity index (χ3v) is 15.6. The molecule has 5 heterocycles. The Balaban J connectivity index is 1.21. The van der Waals surface area contributed by atoms with Crippen molar-refractivity contribution >= 4 is 136 Å². The van der Waals surface area contributed by atoms with Crippen LogP contribution in [0.2, 0.25) is 0 Å². The molecule has 0 saturated carbocycles. The molecule has 0 fully saturated rings. The Morgan fingerprint density at radius 1 is 0.548 bits per heavy atom. The van der Waals surface area contributed by atoms with Crippen LogP contribution in [0, 0.1) is 0 Å². The highest BCUT2D eigenvalue weighted by atomic mass is 32.1. The number of nitrogens with one attached hydrogen (secondary N) is 1. The molecule has 12 aromatic rings. The third-order valence-electron chi connectivity index (χ3n) is 13.3. The second kappa shape index (κ2) is 12.6. The number of thiophene rings is 2. The maximum atomic E-state index is 6.63. The Kier molecular flexibility index (Phi) is 7.40. The first kappa shape index (κ1) is 36.3. The molecular weight excluding hydrogens is 792 g/mol. The molecular formula is C56H42BN2OS2. The minimum Gasteiger partial charge on any atom is -0.456 e. The summed E-state index contributed by atoms with van der Waals surface area (Å²) in [6.07, 6.45) is 0. The van der Waals surface area contributed by atoms with Crippen LogP contribution in [0.4, 0.5) is 11.4 Å². The van der Waals surface area contributed by atoms with E-state index in [2.05, 4.69) is 198 Å². The zero-order valence-electron chi connectivity index (χ0n) is 35.5. The van der Waals surface area contributed by atoms with Gasteiger partial charge in [-0.15, -0.1) is 22.7 Å². The Morgan fingerprint density at radius 2 is 1.24 bits per heavy atom. The van der Waals surface area contributed by atoms with Gasteiger partial charge in [0.05, 0.1) is 16.7 Å². The van der Waals surface area contributed by atoms with Crippen LogP contribution in [0.15, 0.2) is 144 Å². The average molecular weight is 834 g/mol. The molecule has 0 bridgehead atoms. The van der Waals surface area contributed by atoms with Gasteiger partial charge in [-0.1, -0.05) is 120 Å². The summed E-state index contributed by atoms with van der Waals surface area (Å²) in [6.45, 7) is 13.8. The summed E-state index contributed by atoms with van der Waals surface area (Å²) in [4.78, 5) is 0. The van der Waals surface area contributed by atoms with Gasteiger partial charge in [0.1, 0.15) is 11.2 Å². The number of benzene rings is 8. The maximum absolute atomic E-state index is 6.63. The predicted molar refractivity (Wildman–Crippen MR) is 271 cm³/mol. The number of nitrogens with zero attached hydrogens (tertiary/aromatic N) is 1. The largest absolute Gasteiger partial charge is 0.456 e. The average Bonchev–Trinajstić information content (AvgIpc) is 4.01. The number of rotatable bonds is 3. The highest BCUT2D eigenvalue weighted by Gasteiger charge is 2.32. The fraction of sp³-hybridized carbons (Fsp3) is 0.143. The first-order chi connectivity index (χ1) is 30.0. The molecule has 1 radical (unpaired) electrons. The lowest BCUT2D eigenvalue weighted by atomic mass is 9.58. The topological polar surface area (TPSA) is 30.1 Å². The predicted octanol–water partition coefficient (Wildman–Crippen LogP) is 15.4. The molecule has 297 valence electrons. The zero-order valence-corrected chi connectivity index (χ0v) is 37.2. The Bertz CT molecular complexity index is 3880. The van der Waals surface area contributed by atoms with Gasteiger partial charge in [0.2, 0.25) is 0 Å². The van der Waals surface area contributed by atoms with Crippen LogP contribution in [-0.2, 0) is 10.8 Å². The molecule has 0 atom stereocenters. The molecule has 1 aliphatic rings. The second-order valence-electron chi connectivity index (χ2n) is 19.2. The van der Waals surface area contributed by atoms with Crippen molar-refractivity contribution in [3.63, 3.8) is 0 Å². The van der Waals surface area contributed by atoms with Crippen LogP contribution >= 0.6 is 22.7 Å². The number of hydrogen-bond donors (Lipinski definition) is 1. The summed E-state index contributed by atoms with van der Waals surface area (Å²) in [5, 5.41) is 14.0. The molecule has 1 N–H and O–H groups in total. The molecule has 13 rings (SSSR count). The van der Waals surface area contributed by atoms with Crippen LogP contribution in [0.25, 0.3) is 101 Å². The van der Waals surface area contributed by atoms with Crippen molar-refractivity contribution in [1.29, 1.82) is 0 Å². The van der Waals surface area contributed by atoms with Crippen molar-refractivity contribution in [3.05, 3.63) is 151 Å². The van der Waals surface area contributed by atoms with Crippen LogP contribution in [0.1, 0.15) is 52.7 Å². The van der Waals surface area contributed by atoms with Gasteiger partial charge in [0, 0.05) is 84.9 Å². The summed E-state index contributed by atoms with van der Waals surface area (Å²) in [5.41, 5.74) is 15.1. The molecule has 0 aliphatic carbocycles. The fourth-order valence-electron chi connectivity index (χ4n) is 10.2. The Labute approximate surface area is 368 Å². The molecule has 0 spiro atoms. The molecule has 0 saturated heterocycles. The van der Waals surface area contributed by atoms with E-state index >= 15 is 0 Å². The highest BCUT2D eigenvalue weighted by Crippen LogP contribution is 2.50. The number of aromatic nitrogens is 1. The van der Waals surface area contributed by atoms with Crippen LogP contribution < -0.4 is 16.2 Å². The summed E-state index contributed by atoms with van der Waals surface area (Å²) in [6, 6.07) is 52.1. The number of hydrogen-bond acceptors (Lipinski definition) is 4. The third kappa shape index (κ3) is 5.17. The van der Waals surface area contributed by atoms with Gasteiger partial charge in [0.15, 0.2) is 7.28 Å². The van der Waals surface area contributed by atoms with Crippen molar-refractivity contribution in [2.45, 2.75) is 52.4 Å². The van der Waals surface area contributed by atoms with Crippen molar-refractivity contribution < 1.29 is 4.42 Å². The van der Waals surface area contributed by atoms with Crippen molar-refractivity contribution in [2.24, 2.45) is 0 Å². The number of furan rings is 1. The molecule has 1 aliphatic heterocycles. The van der Waals surface area contributed by atoms with E-state index < -0.39 is 0 Å². The van der Waals surface area contributed by atoms with E-state index in [4.69, 9.17) is 4.42 Å². The fourth-order valence-corrected chi connectivity index (χ4v) is 12.6. The lowest BCUT2D eigenvalue weighted by molar-refractivity contribution is 0.590. The smallest absolute Gasteiger partial charge is 0.198 e. The van der Waals surface area contributed by atoms with Crippen LogP contribution in [0.5, 0.6) is 0 Å². The summed E-state index contributed by atoms with van der Waals surface area (Å²) >= 11 is 3.82. The van der Waals surface area contributed by atoms with E-state index in [9.17, 15) is 0 Å². The minimum atomic E-state index is -0.00886. The van der Waals surface area contributed by atoms with Crippen molar-refractivity contribution in [1.82, 2.24) is 4.57 Å². The molecule has 8 aromatic carbocycles. The number of para-hydroxylation sites is 1. The number of fused-ring (bicyclic) bond motifs is 15. The molecule has 62 heavy (non-hydrogen) atoms. The van der Waals surface area contributed by atoms with Gasteiger partial charge in [-0.2, -0.15) is 0 Å². The summed E-state index contributed by atoms with van der Waals surface area (Å²) < 4.78 is 14.5. The number of anilines is 2. The monoisotopic (exact) mass is 833 g/mol. The van der Waals surface area contributed by atoms with Crippen LogP contribution in [-0.4, -0.2) is 11.8 Å². The second-order valence-corrected chi connectivity index (χ2v) is 21.4. The normalized spacial score (nSPS) is 13.1. The Hall–Kier alpha value is -6.34. The molecule has 0 amide bonds. The summed E-state index contributed by atoms with van der Waals surface area (Å²) in [5.74, 6) is 0. The van der Waals surface area contributed by atoms with E-state index in [1.54, 1.807) is 0 Å². The first-order valence-electron chi connectivity index (χ1n) is 21.6. The Morgan fingerprint density at radius 3 is 2.02 bits per heavy atom. The maximum Gasteiger partial charge on any atom is 0.198 e. The van der Waals surface area contributed by atoms with Gasteiger partial charge in [-0.3, -0.25) is 0 Å². The van der Waals surface area contributed by atoms with E-state index in [0.29, 0.717) is 0 Å². The minimum absolute atomic E-state index is 0.00886. The lowest BCUT2D eigenvalue weighted by Crippen LogP contribution is -2.37. The lowest BCUT2D eigenvalue weighted by Gasteiger charge is -2.25. The van der Waals surface area contributed by atoms with Gasteiger partial charge in [0.25, 0.3) is 0 Å². The molecule has 6 heteroatoms. The van der Waals surface area contributed by atoms with Gasteiger partial charge in [-0.25, -0.2) is 0 Å². The van der Waals surface area contributed by atoms with Gasteiger partial charge >= 0.3 is 0 Å². The molecule has 3 nitrogen and oxygen atoms in total. The van der Waals surface area contributed by atoms with Crippen molar-refractivity contribution in [2.75, 3.05) is 5.32 Å². The van der Waals surface area contributed by atoms with E-state index in [1.165, 1.54) is 95.5 Å². The zero-order chi connectivity index (χ0) is 41.8. The van der Waals surface area contributed by atoms with Gasteiger partial charge < -0.3 is 14.3 Å². The SMILES string of the molecule is CC(C)(C)c1ccc(Nc2cc3oc4ccccc4c3cc2-c2c3c4c(c5cc(C(C)(C)C)ccc5n4-c4cc5c(cc4[B]3)sc3ccccc35)c3sc4ccccc4c23)cc1. The molecule has 0 unspecified atom stereocenters. The van der Waals surface area contributed by atoms with Crippen molar-refractivity contribution in [3.8, 4) is 16.8 Å². The van der Waals surface area contributed by atoms with E-state index in [0.717, 1.165) is 38.9 Å². The van der Waals surface area contributed by atoms with E-state index in [1.807, 2.05) is 22.7 Å². The molecule has 4 aromatic heterocycles. The highest BCUT2D eigenvalue weighted by molar-refractivity contribution is 7.27. The first-order valence-corrected chi connectivity index (χ1v) is 23.2. The van der Waals surface area contributed by atoms with Crippen LogP contribution in [0.3, 0.4) is 0 Å². The van der Waals surface area contributed by atoms with E-state index in [-0.39, 0.29) is 10.8 Å². The van der Waals surface area contributed by atoms with Gasteiger partial charge in [-0.05, 0) is 93.6 Å². The quantitative estimate of drug-likeness (QED) is 0.180. The summed E-state index contributed by atoms with van der Waals surface area (Å²) in [7, 11) is 2.51.